The maximum Gasteiger partial charge on any atom is 0.0307 e. The third-order valence-corrected chi connectivity index (χ3v) is 1.01. The summed E-state index contributed by atoms with van der Waals surface area (Å²) in [6, 6.07) is 0. The van der Waals surface area contributed by atoms with Gasteiger partial charge in [0.1, 0.15) is 0 Å². The molecular formula is C5H10ClN. The summed E-state index contributed by atoms with van der Waals surface area (Å²) >= 11 is 5.56. The number of rotatable bonds is 2. The molecule has 1 N–H and O–H groups in total. The summed E-state index contributed by atoms with van der Waals surface area (Å²) in [5.41, 5.74) is 0. The van der Waals surface area contributed by atoms with Gasteiger partial charge in [0.05, 0.1) is 0 Å². The van der Waals surface area contributed by atoms with Gasteiger partial charge in [-0.2, -0.15) is 0 Å². The molecule has 0 saturated carbocycles. The van der Waals surface area contributed by atoms with Crippen LogP contribution in [0, 0.1) is 0 Å². The van der Waals surface area contributed by atoms with Gasteiger partial charge in [0, 0.05) is 11.6 Å². The van der Waals surface area contributed by atoms with Gasteiger partial charge in [0.15, 0.2) is 0 Å². The summed E-state index contributed by atoms with van der Waals surface area (Å²) in [7, 11) is 1.87. The van der Waals surface area contributed by atoms with Crippen LogP contribution in [-0.4, -0.2) is 13.6 Å². The molecule has 0 heterocycles. The van der Waals surface area contributed by atoms with Crippen molar-refractivity contribution in [1.82, 2.24) is 5.32 Å². The standard InChI is InChI=1S/C5H10ClN/c1-3-5(6)4-7-2/h3,7H,4H2,1-2H3/b5-3+. The molecule has 0 amide bonds. The molecule has 2 heteroatoms. The Kier molecular flexibility index (Phi) is 4.15. The van der Waals surface area contributed by atoms with Crippen molar-refractivity contribution in [3.63, 3.8) is 0 Å². The normalized spacial score (nSPS) is 12.1. The minimum Gasteiger partial charge on any atom is -0.315 e. The van der Waals surface area contributed by atoms with Crippen LogP contribution < -0.4 is 5.32 Å². The van der Waals surface area contributed by atoms with Crippen LogP contribution >= 0.6 is 11.6 Å². The Bertz CT molecular complexity index is 68.5. The molecule has 1 nitrogen and oxygen atoms in total. The van der Waals surface area contributed by atoms with Gasteiger partial charge in [-0.25, -0.2) is 0 Å². The Balaban J connectivity index is 3.17. The number of allylic oxidation sites excluding steroid dienone is 1. The largest absolute Gasteiger partial charge is 0.315 e. The molecule has 0 radical (unpaired) electrons. The summed E-state index contributed by atoms with van der Waals surface area (Å²) in [5, 5.41) is 3.78. The van der Waals surface area contributed by atoms with E-state index in [1.54, 1.807) is 0 Å². The third kappa shape index (κ3) is 3.83. The number of hydrogen-bond acceptors (Lipinski definition) is 1. The fourth-order valence-electron chi connectivity index (χ4n) is 0.271. The van der Waals surface area contributed by atoms with Gasteiger partial charge in [0.2, 0.25) is 0 Å². The maximum atomic E-state index is 5.56. The molecule has 0 saturated heterocycles. The van der Waals surface area contributed by atoms with E-state index in [2.05, 4.69) is 5.32 Å². The van der Waals surface area contributed by atoms with Gasteiger partial charge in [-0.1, -0.05) is 17.7 Å². The smallest absolute Gasteiger partial charge is 0.0307 e. The molecule has 0 aromatic rings. The molecular weight excluding hydrogens is 110 g/mol. The highest BCUT2D eigenvalue weighted by atomic mass is 35.5. The lowest BCUT2D eigenvalue weighted by atomic mass is 10.5. The second-order valence-electron chi connectivity index (χ2n) is 1.27. The number of hydrogen-bond donors (Lipinski definition) is 1. The third-order valence-electron chi connectivity index (χ3n) is 0.659. The summed E-state index contributed by atoms with van der Waals surface area (Å²) < 4.78 is 0. The lowest BCUT2D eigenvalue weighted by molar-refractivity contribution is 0.908. The van der Waals surface area contributed by atoms with E-state index in [4.69, 9.17) is 11.6 Å². The van der Waals surface area contributed by atoms with Crippen LogP contribution in [0.3, 0.4) is 0 Å². The van der Waals surface area contributed by atoms with Crippen LogP contribution in [0.2, 0.25) is 0 Å². The Hall–Kier alpha value is -0.0100. The monoisotopic (exact) mass is 119 g/mol. The van der Waals surface area contributed by atoms with E-state index in [0.717, 1.165) is 11.6 Å². The van der Waals surface area contributed by atoms with Gasteiger partial charge in [-0.05, 0) is 14.0 Å². The van der Waals surface area contributed by atoms with Crippen molar-refractivity contribution in [1.29, 1.82) is 0 Å². The van der Waals surface area contributed by atoms with Crippen LogP contribution in [0.15, 0.2) is 11.1 Å². The predicted molar refractivity (Wildman–Crippen MR) is 33.5 cm³/mol. The van der Waals surface area contributed by atoms with Crippen LogP contribution in [0.4, 0.5) is 0 Å². The zero-order valence-corrected chi connectivity index (χ0v) is 5.42. The molecule has 0 aliphatic rings. The molecule has 0 aliphatic carbocycles. The summed E-state index contributed by atoms with van der Waals surface area (Å²) in [5.74, 6) is 0. The van der Waals surface area contributed by atoms with Crippen molar-refractivity contribution in [3.05, 3.63) is 11.1 Å². The van der Waals surface area contributed by atoms with E-state index in [-0.39, 0.29) is 0 Å². The first kappa shape index (κ1) is 6.99. The molecule has 0 unspecified atom stereocenters. The Morgan fingerprint density at radius 2 is 2.43 bits per heavy atom. The molecule has 0 aliphatic heterocycles. The van der Waals surface area contributed by atoms with E-state index in [1.165, 1.54) is 0 Å². The van der Waals surface area contributed by atoms with Crippen molar-refractivity contribution in [3.8, 4) is 0 Å². The first-order chi connectivity index (χ1) is 3.31. The first-order valence-electron chi connectivity index (χ1n) is 2.26. The predicted octanol–water partition coefficient (Wildman–Crippen LogP) is 1.35. The van der Waals surface area contributed by atoms with Crippen molar-refractivity contribution >= 4 is 11.6 Å². The van der Waals surface area contributed by atoms with Gasteiger partial charge in [-0.3, -0.25) is 0 Å². The zero-order valence-electron chi connectivity index (χ0n) is 4.66. The summed E-state index contributed by atoms with van der Waals surface area (Å²) in [6.45, 7) is 2.69. The number of halogens is 1. The minimum absolute atomic E-state index is 0.776. The highest BCUT2D eigenvalue weighted by Crippen LogP contribution is 1.95. The molecule has 0 aromatic heterocycles. The molecule has 0 atom stereocenters. The molecule has 0 bridgehead atoms. The van der Waals surface area contributed by atoms with Crippen LogP contribution in [-0.2, 0) is 0 Å². The topological polar surface area (TPSA) is 12.0 Å². The van der Waals surface area contributed by atoms with Gasteiger partial charge >= 0.3 is 0 Å². The second kappa shape index (κ2) is 4.16. The van der Waals surface area contributed by atoms with Crippen molar-refractivity contribution < 1.29 is 0 Å². The number of likely N-dealkylation sites (N-methyl/N-ethyl adjacent to an activating group) is 1. The fourth-order valence-corrected chi connectivity index (χ4v) is 0.405. The number of nitrogens with one attached hydrogen (secondary N) is 1. The lowest BCUT2D eigenvalue weighted by Gasteiger charge is -1.91. The van der Waals surface area contributed by atoms with Gasteiger partial charge in [-0.15, -0.1) is 0 Å². The Morgan fingerprint density at radius 3 is 2.57 bits per heavy atom. The Labute approximate surface area is 49.4 Å². The Morgan fingerprint density at radius 1 is 1.86 bits per heavy atom. The van der Waals surface area contributed by atoms with Gasteiger partial charge < -0.3 is 5.32 Å². The van der Waals surface area contributed by atoms with Crippen LogP contribution in [0.25, 0.3) is 0 Å². The molecule has 7 heavy (non-hydrogen) atoms. The molecule has 0 rings (SSSR count). The summed E-state index contributed by atoms with van der Waals surface area (Å²) in [6.07, 6.45) is 1.87. The second-order valence-corrected chi connectivity index (χ2v) is 1.75. The SMILES string of the molecule is C/C=C(/Cl)CNC. The van der Waals surface area contributed by atoms with Gasteiger partial charge in [0.25, 0.3) is 0 Å². The molecule has 0 aromatic carbocycles. The van der Waals surface area contributed by atoms with E-state index >= 15 is 0 Å². The molecule has 42 valence electrons. The summed E-state index contributed by atoms with van der Waals surface area (Å²) in [4.78, 5) is 0. The average molecular weight is 120 g/mol. The highest BCUT2D eigenvalue weighted by molar-refractivity contribution is 6.29. The highest BCUT2D eigenvalue weighted by Gasteiger charge is 1.81. The van der Waals surface area contributed by atoms with E-state index in [0.29, 0.717) is 0 Å². The zero-order chi connectivity index (χ0) is 5.70. The van der Waals surface area contributed by atoms with Crippen molar-refractivity contribution in [2.75, 3.05) is 13.6 Å². The van der Waals surface area contributed by atoms with E-state index < -0.39 is 0 Å². The minimum atomic E-state index is 0.776. The van der Waals surface area contributed by atoms with Crippen LogP contribution in [0.1, 0.15) is 6.92 Å². The van der Waals surface area contributed by atoms with E-state index in [1.807, 2.05) is 20.0 Å². The lowest BCUT2D eigenvalue weighted by Crippen LogP contribution is -2.06. The quantitative estimate of drug-likeness (QED) is 0.579. The fraction of sp³-hybridized carbons (Fsp3) is 0.600. The van der Waals surface area contributed by atoms with Crippen molar-refractivity contribution in [2.45, 2.75) is 6.92 Å². The van der Waals surface area contributed by atoms with Crippen LogP contribution in [0.5, 0.6) is 0 Å². The van der Waals surface area contributed by atoms with Crippen molar-refractivity contribution in [2.24, 2.45) is 0 Å². The molecule has 0 spiro atoms. The first-order valence-corrected chi connectivity index (χ1v) is 2.64. The maximum absolute atomic E-state index is 5.56. The average Bonchev–Trinajstić information content (AvgIpc) is 1.68. The molecule has 0 fully saturated rings. The van der Waals surface area contributed by atoms with E-state index in [9.17, 15) is 0 Å².